The van der Waals surface area contributed by atoms with Crippen molar-refractivity contribution in [3.8, 4) is 6.07 Å². The summed E-state index contributed by atoms with van der Waals surface area (Å²) in [5.41, 5.74) is 1.48. The second-order valence-corrected chi connectivity index (χ2v) is 5.62. The van der Waals surface area contributed by atoms with Crippen LogP contribution in [0.5, 0.6) is 0 Å². The van der Waals surface area contributed by atoms with E-state index in [4.69, 9.17) is 10.4 Å². The highest BCUT2D eigenvalue weighted by Gasteiger charge is 2.15. The van der Waals surface area contributed by atoms with Gasteiger partial charge in [-0.25, -0.2) is 4.98 Å². The second-order valence-electron chi connectivity index (χ2n) is 5.62. The minimum absolute atomic E-state index is 0.203. The number of aliphatic carboxylic acids is 1. The monoisotopic (exact) mass is 289 g/mol. The lowest BCUT2D eigenvalue weighted by Crippen LogP contribution is -2.16. The molecule has 0 aliphatic heterocycles. The second kappa shape index (κ2) is 8.25. The molecule has 0 aliphatic carbocycles. The number of anilines is 1. The Labute approximate surface area is 126 Å². The van der Waals surface area contributed by atoms with Gasteiger partial charge in [0.15, 0.2) is 0 Å². The molecule has 1 unspecified atom stereocenters. The van der Waals surface area contributed by atoms with E-state index in [0.29, 0.717) is 36.2 Å². The van der Waals surface area contributed by atoms with Gasteiger partial charge in [-0.2, -0.15) is 5.26 Å². The van der Waals surface area contributed by atoms with Crippen molar-refractivity contribution < 1.29 is 9.90 Å². The molecule has 1 rings (SSSR count). The molecule has 0 aliphatic rings. The van der Waals surface area contributed by atoms with Crippen molar-refractivity contribution in [2.45, 2.75) is 40.0 Å². The van der Waals surface area contributed by atoms with Gasteiger partial charge >= 0.3 is 5.97 Å². The summed E-state index contributed by atoms with van der Waals surface area (Å²) in [7, 11) is 0. The van der Waals surface area contributed by atoms with Gasteiger partial charge in [0.25, 0.3) is 0 Å². The number of aromatic nitrogens is 1. The maximum atomic E-state index is 10.7. The molecule has 1 aromatic rings. The Morgan fingerprint density at radius 2 is 2.19 bits per heavy atom. The molecule has 0 aromatic carbocycles. The number of nitrogens with zero attached hydrogens (tertiary/aromatic N) is 2. The van der Waals surface area contributed by atoms with Crippen molar-refractivity contribution in [2.75, 3.05) is 11.9 Å². The van der Waals surface area contributed by atoms with Gasteiger partial charge in [-0.05, 0) is 43.2 Å². The van der Waals surface area contributed by atoms with E-state index in [2.05, 4.69) is 30.2 Å². The van der Waals surface area contributed by atoms with Crippen LogP contribution in [0.3, 0.4) is 0 Å². The van der Waals surface area contributed by atoms with E-state index in [9.17, 15) is 4.79 Å². The van der Waals surface area contributed by atoms with Gasteiger partial charge in [-0.3, -0.25) is 4.79 Å². The Kier molecular flexibility index (Phi) is 6.67. The van der Waals surface area contributed by atoms with Crippen molar-refractivity contribution in [1.29, 1.82) is 5.26 Å². The summed E-state index contributed by atoms with van der Waals surface area (Å²) < 4.78 is 0. The Morgan fingerprint density at radius 3 is 2.76 bits per heavy atom. The van der Waals surface area contributed by atoms with Crippen molar-refractivity contribution >= 4 is 11.8 Å². The summed E-state index contributed by atoms with van der Waals surface area (Å²) in [5.74, 6) is 0.648. The fraction of sp³-hybridized carbons (Fsp3) is 0.562. The van der Waals surface area contributed by atoms with E-state index >= 15 is 0 Å². The number of aryl methyl sites for hydroxylation is 1. The molecule has 114 valence electrons. The number of nitrogens with one attached hydrogen (secondary N) is 1. The smallest absolute Gasteiger partial charge is 0.303 e. The molecule has 0 fully saturated rings. The Morgan fingerprint density at radius 1 is 1.48 bits per heavy atom. The van der Waals surface area contributed by atoms with E-state index in [1.54, 1.807) is 6.20 Å². The molecule has 0 bridgehead atoms. The molecule has 0 radical (unpaired) electrons. The highest BCUT2D eigenvalue weighted by atomic mass is 16.4. The van der Waals surface area contributed by atoms with Crippen LogP contribution < -0.4 is 5.32 Å². The minimum atomic E-state index is -0.749. The number of carboxylic acids is 1. The van der Waals surface area contributed by atoms with Gasteiger partial charge in [0.05, 0.1) is 5.56 Å². The number of nitriles is 1. The summed E-state index contributed by atoms with van der Waals surface area (Å²) in [6, 6.07) is 3.98. The lowest BCUT2D eigenvalue weighted by atomic mass is 9.88. The number of hydrogen-bond acceptors (Lipinski definition) is 4. The fourth-order valence-corrected chi connectivity index (χ4v) is 2.33. The third kappa shape index (κ3) is 5.42. The maximum absolute atomic E-state index is 10.7. The Hall–Kier alpha value is -2.09. The van der Waals surface area contributed by atoms with E-state index in [-0.39, 0.29) is 6.42 Å². The minimum Gasteiger partial charge on any atom is -0.481 e. The molecule has 1 heterocycles. The van der Waals surface area contributed by atoms with Crippen LogP contribution in [0.25, 0.3) is 0 Å². The van der Waals surface area contributed by atoms with Gasteiger partial charge in [-0.1, -0.05) is 13.8 Å². The summed E-state index contributed by atoms with van der Waals surface area (Å²) in [6.07, 6.45) is 3.43. The molecule has 5 nitrogen and oxygen atoms in total. The maximum Gasteiger partial charge on any atom is 0.303 e. The first-order valence-electron chi connectivity index (χ1n) is 7.27. The van der Waals surface area contributed by atoms with E-state index in [0.717, 1.165) is 12.0 Å². The van der Waals surface area contributed by atoms with Gasteiger partial charge in [0, 0.05) is 19.2 Å². The van der Waals surface area contributed by atoms with Crippen molar-refractivity contribution in [1.82, 2.24) is 4.98 Å². The average Bonchev–Trinajstić information content (AvgIpc) is 2.42. The number of carboxylic acid groups (broad SMARTS) is 1. The normalized spacial score (nSPS) is 12.0. The molecule has 0 saturated heterocycles. The van der Waals surface area contributed by atoms with Crippen LogP contribution >= 0.6 is 0 Å². The molecular weight excluding hydrogens is 266 g/mol. The van der Waals surface area contributed by atoms with Gasteiger partial charge in [-0.15, -0.1) is 0 Å². The Balaban J connectivity index is 2.57. The number of pyridine rings is 1. The summed E-state index contributed by atoms with van der Waals surface area (Å²) in [5, 5.41) is 21.1. The van der Waals surface area contributed by atoms with E-state index < -0.39 is 5.97 Å². The summed E-state index contributed by atoms with van der Waals surface area (Å²) in [4.78, 5) is 14.9. The first kappa shape index (κ1) is 17.0. The highest BCUT2D eigenvalue weighted by molar-refractivity contribution is 5.66. The van der Waals surface area contributed by atoms with E-state index in [1.807, 2.05) is 13.0 Å². The molecule has 1 atom stereocenters. The summed E-state index contributed by atoms with van der Waals surface area (Å²) >= 11 is 0. The number of hydrogen-bond donors (Lipinski definition) is 2. The molecule has 1 aromatic heterocycles. The first-order chi connectivity index (χ1) is 9.95. The van der Waals surface area contributed by atoms with Crippen LogP contribution in [0.4, 0.5) is 5.82 Å². The molecule has 0 amide bonds. The third-order valence-electron chi connectivity index (χ3n) is 3.75. The fourth-order valence-electron chi connectivity index (χ4n) is 2.33. The largest absolute Gasteiger partial charge is 0.481 e. The van der Waals surface area contributed by atoms with Crippen molar-refractivity contribution in [2.24, 2.45) is 11.8 Å². The van der Waals surface area contributed by atoms with Crippen LogP contribution in [0, 0.1) is 30.1 Å². The van der Waals surface area contributed by atoms with Crippen LogP contribution in [0.1, 0.15) is 44.2 Å². The lowest BCUT2D eigenvalue weighted by Gasteiger charge is -2.20. The van der Waals surface area contributed by atoms with Crippen LogP contribution in [0.2, 0.25) is 0 Å². The van der Waals surface area contributed by atoms with Gasteiger partial charge in [0.2, 0.25) is 0 Å². The van der Waals surface area contributed by atoms with Crippen LogP contribution in [0.15, 0.2) is 12.3 Å². The number of rotatable bonds is 8. The summed E-state index contributed by atoms with van der Waals surface area (Å²) in [6.45, 7) is 6.79. The van der Waals surface area contributed by atoms with Crippen molar-refractivity contribution in [3.63, 3.8) is 0 Å². The Bertz CT molecular complexity index is 521. The predicted octanol–water partition coefficient (Wildman–Crippen LogP) is 3.20. The van der Waals surface area contributed by atoms with E-state index in [1.165, 1.54) is 0 Å². The SMILES string of the molecule is Cc1ccnc(NCCC(CCC(=O)O)C(C)C)c1C#N. The topological polar surface area (TPSA) is 86.0 Å². The zero-order chi connectivity index (χ0) is 15.8. The number of carbonyl (C=O) groups is 1. The zero-order valence-electron chi connectivity index (χ0n) is 12.9. The lowest BCUT2D eigenvalue weighted by molar-refractivity contribution is -0.137. The molecule has 0 saturated carbocycles. The van der Waals surface area contributed by atoms with Gasteiger partial charge in [0.1, 0.15) is 11.9 Å². The first-order valence-corrected chi connectivity index (χ1v) is 7.27. The third-order valence-corrected chi connectivity index (χ3v) is 3.75. The van der Waals surface area contributed by atoms with Crippen LogP contribution in [-0.2, 0) is 4.79 Å². The van der Waals surface area contributed by atoms with Crippen molar-refractivity contribution in [3.05, 3.63) is 23.4 Å². The van der Waals surface area contributed by atoms with Crippen LogP contribution in [-0.4, -0.2) is 22.6 Å². The molecular formula is C16H23N3O2. The standard InChI is InChI=1S/C16H23N3O2/c1-11(2)13(4-5-15(20)21)7-9-19-16-14(10-17)12(3)6-8-18-16/h6,8,11,13H,4-5,7,9H2,1-3H3,(H,18,19)(H,20,21). The predicted molar refractivity (Wildman–Crippen MR) is 82.0 cm³/mol. The zero-order valence-corrected chi connectivity index (χ0v) is 12.9. The highest BCUT2D eigenvalue weighted by Crippen LogP contribution is 2.22. The van der Waals surface area contributed by atoms with Gasteiger partial charge < -0.3 is 10.4 Å². The molecule has 0 spiro atoms. The average molecular weight is 289 g/mol. The molecule has 5 heteroatoms. The molecule has 21 heavy (non-hydrogen) atoms. The molecule has 2 N–H and O–H groups in total. The quantitative estimate of drug-likeness (QED) is 0.767.